The van der Waals surface area contributed by atoms with Crippen molar-refractivity contribution in [3.63, 3.8) is 0 Å². The molecule has 0 spiro atoms. The summed E-state index contributed by atoms with van der Waals surface area (Å²) in [6.07, 6.45) is 4.54. The number of hydrogen-bond acceptors (Lipinski definition) is 2. The van der Waals surface area contributed by atoms with E-state index in [0.717, 1.165) is 3.57 Å². The molecule has 0 amide bonds. The summed E-state index contributed by atoms with van der Waals surface area (Å²) in [7, 11) is 0. The van der Waals surface area contributed by atoms with Gasteiger partial charge in [0.1, 0.15) is 0 Å². The molecule has 1 aromatic rings. The van der Waals surface area contributed by atoms with Crippen molar-refractivity contribution in [2.75, 3.05) is 6.54 Å². The van der Waals surface area contributed by atoms with E-state index in [0.29, 0.717) is 5.56 Å². The molecule has 1 aromatic heterocycles. The Labute approximate surface area is 93.6 Å². The van der Waals surface area contributed by atoms with Crippen LogP contribution in [-0.2, 0) is 0 Å². The van der Waals surface area contributed by atoms with Gasteiger partial charge in [0.2, 0.25) is 5.95 Å². The smallest absolute Gasteiger partial charge is 0.221 e. The van der Waals surface area contributed by atoms with Gasteiger partial charge in [-0.3, -0.25) is 0 Å². The zero-order valence-corrected chi connectivity index (χ0v) is 9.22. The number of azide groups is 1. The van der Waals surface area contributed by atoms with E-state index in [1.807, 2.05) is 22.6 Å². The molecule has 0 aliphatic heterocycles. The van der Waals surface area contributed by atoms with Gasteiger partial charge in [0.15, 0.2) is 0 Å². The number of rotatable bonds is 3. The second-order valence-corrected chi connectivity index (χ2v) is 3.48. The highest BCUT2D eigenvalue weighted by molar-refractivity contribution is 14.1. The molecule has 14 heavy (non-hydrogen) atoms. The highest BCUT2D eigenvalue weighted by Crippen LogP contribution is 2.15. The lowest BCUT2D eigenvalue weighted by molar-refractivity contribution is 0.579. The molecule has 0 bridgehead atoms. The van der Waals surface area contributed by atoms with Crippen molar-refractivity contribution in [2.24, 2.45) is 5.11 Å². The third-order valence-corrected chi connectivity index (χ3v) is 2.36. The maximum Gasteiger partial charge on any atom is 0.221 e. The van der Waals surface area contributed by atoms with E-state index in [9.17, 15) is 4.39 Å². The number of hydrogen-bond donors (Lipinski definition) is 0. The summed E-state index contributed by atoms with van der Waals surface area (Å²) in [5.41, 5.74) is 8.43. The van der Waals surface area contributed by atoms with Crippen LogP contribution in [0, 0.1) is 9.52 Å². The van der Waals surface area contributed by atoms with Crippen molar-refractivity contribution in [2.45, 2.75) is 0 Å². The second-order valence-electron chi connectivity index (χ2n) is 2.31. The van der Waals surface area contributed by atoms with Gasteiger partial charge in [-0.15, -0.1) is 0 Å². The van der Waals surface area contributed by atoms with E-state index in [1.54, 1.807) is 18.2 Å². The van der Waals surface area contributed by atoms with Gasteiger partial charge in [-0.2, -0.15) is 4.39 Å². The molecule has 0 fully saturated rings. The summed E-state index contributed by atoms with van der Waals surface area (Å²) < 4.78 is 13.9. The summed E-state index contributed by atoms with van der Waals surface area (Å²) in [6.45, 7) is 0.209. The maximum absolute atomic E-state index is 13.1. The first kappa shape index (κ1) is 10.9. The molecule has 0 aromatic carbocycles. The van der Waals surface area contributed by atoms with Crippen LogP contribution in [0.5, 0.6) is 0 Å². The molecule has 0 atom stereocenters. The average Bonchev–Trinajstić information content (AvgIpc) is 2.16. The van der Waals surface area contributed by atoms with Gasteiger partial charge in [0, 0.05) is 26.8 Å². The zero-order chi connectivity index (χ0) is 10.4. The number of aromatic nitrogens is 1. The summed E-state index contributed by atoms with van der Waals surface area (Å²) in [4.78, 5) is 6.09. The molecule has 0 saturated carbocycles. The third-order valence-electron chi connectivity index (χ3n) is 1.42. The molecule has 4 nitrogen and oxygen atoms in total. The highest BCUT2D eigenvalue weighted by atomic mass is 127. The summed E-state index contributed by atoms with van der Waals surface area (Å²) >= 11 is 2.01. The fourth-order valence-corrected chi connectivity index (χ4v) is 1.39. The predicted octanol–water partition coefficient (Wildman–Crippen LogP) is 3.15. The lowest BCUT2D eigenvalue weighted by atomic mass is 10.2. The van der Waals surface area contributed by atoms with Gasteiger partial charge >= 0.3 is 0 Å². The van der Waals surface area contributed by atoms with Crippen molar-refractivity contribution < 1.29 is 4.39 Å². The number of halogens is 2. The Balaban J connectivity index is 2.85. The Kier molecular flexibility index (Phi) is 4.34. The van der Waals surface area contributed by atoms with Crippen LogP contribution in [0.15, 0.2) is 23.5 Å². The number of pyridine rings is 1. The van der Waals surface area contributed by atoms with E-state index in [4.69, 9.17) is 5.53 Å². The third kappa shape index (κ3) is 2.97. The van der Waals surface area contributed by atoms with Crippen LogP contribution in [0.1, 0.15) is 5.56 Å². The summed E-state index contributed by atoms with van der Waals surface area (Å²) in [5.74, 6) is -0.519. The van der Waals surface area contributed by atoms with Crippen LogP contribution in [0.2, 0.25) is 0 Å². The Morgan fingerprint density at radius 1 is 1.71 bits per heavy atom. The number of nitrogens with zero attached hydrogens (tertiary/aromatic N) is 4. The molecule has 0 unspecified atom stereocenters. The Bertz CT molecular complexity index is 378. The molecular formula is C8H6FIN4. The van der Waals surface area contributed by atoms with E-state index in [1.165, 1.54) is 6.20 Å². The monoisotopic (exact) mass is 304 g/mol. The maximum atomic E-state index is 13.1. The van der Waals surface area contributed by atoms with E-state index < -0.39 is 5.95 Å². The minimum absolute atomic E-state index is 0.209. The summed E-state index contributed by atoms with van der Waals surface area (Å²) in [6, 6.07) is 1.71. The topological polar surface area (TPSA) is 61.7 Å². The van der Waals surface area contributed by atoms with Gasteiger partial charge < -0.3 is 0 Å². The fraction of sp³-hybridized carbons (Fsp3) is 0.125. The van der Waals surface area contributed by atoms with Gasteiger partial charge in [-0.05, 0) is 34.2 Å². The van der Waals surface area contributed by atoms with E-state index in [-0.39, 0.29) is 6.54 Å². The van der Waals surface area contributed by atoms with Crippen LogP contribution >= 0.6 is 22.6 Å². The standard InChI is InChI=1S/C8H6FIN4/c9-8-6(2-1-4-13-14-11)7(10)3-5-12-8/h1-3,5H,4H2. The fourth-order valence-electron chi connectivity index (χ4n) is 0.829. The van der Waals surface area contributed by atoms with Crippen molar-refractivity contribution in [3.05, 3.63) is 43.9 Å². The summed E-state index contributed by atoms with van der Waals surface area (Å²) in [5, 5.41) is 3.29. The first-order chi connectivity index (χ1) is 6.75. The van der Waals surface area contributed by atoms with Crippen LogP contribution < -0.4 is 0 Å². The minimum atomic E-state index is -0.519. The quantitative estimate of drug-likeness (QED) is 0.278. The molecule has 0 N–H and O–H groups in total. The zero-order valence-electron chi connectivity index (χ0n) is 7.06. The van der Waals surface area contributed by atoms with Gasteiger partial charge in [-0.25, -0.2) is 4.98 Å². The van der Waals surface area contributed by atoms with Crippen molar-refractivity contribution >= 4 is 28.7 Å². The van der Waals surface area contributed by atoms with Crippen LogP contribution in [0.4, 0.5) is 4.39 Å². The van der Waals surface area contributed by atoms with E-state index >= 15 is 0 Å². The Morgan fingerprint density at radius 3 is 3.14 bits per heavy atom. The second kappa shape index (κ2) is 5.56. The lowest BCUT2D eigenvalue weighted by Gasteiger charge is -1.97. The molecule has 1 heterocycles. The molecule has 0 aliphatic rings. The lowest BCUT2D eigenvalue weighted by Crippen LogP contribution is -1.90. The SMILES string of the molecule is [N-]=[N+]=NCC=Cc1c(I)ccnc1F. The molecule has 0 radical (unpaired) electrons. The van der Waals surface area contributed by atoms with E-state index in [2.05, 4.69) is 15.0 Å². The van der Waals surface area contributed by atoms with Gasteiger partial charge in [0.25, 0.3) is 0 Å². The minimum Gasteiger partial charge on any atom is -0.228 e. The van der Waals surface area contributed by atoms with Crippen molar-refractivity contribution in [1.29, 1.82) is 0 Å². The van der Waals surface area contributed by atoms with Gasteiger partial charge in [-0.1, -0.05) is 17.3 Å². The Hall–Kier alpha value is -1.14. The average molecular weight is 304 g/mol. The molecule has 1 rings (SSSR count). The largest absolute Gasteiger partial charge is 0.228 e. The van der Waals surface area contributed by atoms with Crippen molar-refractivity contribution in [1.82, 2.24) is 4.98 Å². The van der Waals surface area contributed by atoms with Crippen LogP contribution in [0.25, 0.3) is 16.5 Å². The molecular weight excluding hydrogens is 298 g/mol. The Morgan fingerprint density at radius 2 is 2.50 bits per heavy atom. The molecule has 0 saturated heterocycles. The normalized spacial score (nSPS) is 10.1. The van der Waals surface area contributed by atoms with Crippen LogP contribution in [-0.4, -0.2) is 11.5 Å². The first-order valence-corrected chi connectivity index (χ1v) is 4.81. The first-order valence-electron chi connectivity index (χ1n) is 3.73. The molecule has 0 aliphatic carbocycles. The predicted molar refractivity (Wildman–Crippen MR) is 60.0 cm³/mol. The van der Waals surface area contributed by atoms with Gasteiger partial charge in [0.05, 0.1) is 0 Å². The molecule has 72 valence electrons. The highest BCUT2D eigenvalue weighted by Gasteiger charge is 2.02. The van der Waals surface area contributed by atoms with Crippen molar-refractivity contribution in [3.8, 4) is 0 Å². The molecule has 6 heteroatoms. The van der Waals surface area contributed by atoms with Crippen LogP contribution in [0.3, 0.4) is 0 Å².